The van der Waals surface area contributed by atoms with Crippen molar-refractivity contribution in [3.8, 4) is 11.5 Å². The second-order valence-corrected chi connectivity index (χ2v) is 6.94. The molecule has 1 aromatic carbocycles. The van der Waals surface area contributed by atoms with Gasteiger partial charge in [0.1, 0.15) is 23.8 Å². The standard InChI is InChI=1S/C19H19N5O3.C2HF3O2/c1-26-15-6-4-14(5-7-15)19(25)23-9-10-24-18(12-23)17(21-22-24)13-27-16-3-2-8-20-11-16;3-2(4,5)1(6)7/h2-8,11H,9-10,12-13H2,1H3;(H,6,7). The number of alkyl halides is 3. The Labute approximate surface area is 191 Å². The number of aliphatic carboxylic acids is 1. The number of carboxylic acid groups (broad SMARTS) is 1. The van der Waals surface area contributed by atoms with E-state index < -0.39 is 12.1 Å². The van der Waals surface area contributed by atoms with Crippen molar-refractivity contribution >= 4 is 11.9 Å². The Morgan fingerprint density at radius 2 is 1.82 bits per heavy atom. The van der Waals surface area contributed by atoms with E-state index in [9.17, 15) is 18.0 Å². The number of fused-ring (bicyclic) bond motifs is 1. The van der Waals surface area contributed by atoms with Gasteiger partial charge in [0, 0.05) is 18.3 Å². The summed E-state index contributed by atoms with van der Waals surface area (Å²) in [6.07, 6.45) is -1.75. The smallest absolute Gasteiger partial charge is 0.490 e. The number of carboxylic acids is 1. The lowest BCUT2D eigenvalue weighted by molar-refractivity contribution is -0.192. The Kier molecular flexibility index (Phi) is 7.66. The topological polar surface area (TPSA) is 120 Å². The number of nitrogens with zero attached hydrogens (tertiary/aromatic N) is 5. The molecule has 13 heteroatoms. The highest BCUT2D eigenvalue weighted by Gasteiger charge is 2.38. The van der Waals surface area contributed by atoms with Crippen LogP contribution in [0.4, 0.5) is 13.2 Å². The number of aromatic nitrogens is 4. The molecule has 0 unspecified atom stereocenters. The molecule has 0 saturated heterocycles. The third-order valence-electron chi connectivity index (χ3n) is 4.72. The molecule has 0 atom stereocenters. The third-order valence-corrected chi connectivity index (χ3v) is 4.72. The number of rotatable bonds is 5. The zero-order valence-electron chi connectivity index (χ0n) is 17.9. The van der Waals surface area contributed by atoms with Crippen LogP contribution in [0.1, 0.15) is 21.7 Å². The van der Waals surface area contributed by atoms with Gasteiger partial charge in [0.25, 0.3) is 5.91 Å². The first-order valence-electron chi connectivity index (χ1n) is 9.86. The van der Waals surface area contributed by atoms with Crippen LogP contribution >= 0.6 is 0 Å². The van der Waals surface area contributed by atoms with Gasteiger partial charge in [-0.3, -0.25) is 9.78 Å². The number of carbonyl (C=O) groups is 2. The van der Waals surface area contributed by atoms with Gasteiger partial charge in [-0.25, -0.2) is 9.48 Å². The number of carbonyl (C=O) groups excluding carboxylic acids is 1. The van der Waals surface area contributed by atoms with Gasteiger partial charge >= 0.3 is 12.1 Å². The van der Waals surface area contributed by atoms with Gasteiger partial charge in [-0.15, -0.1) is 5.10 Å². The van der Waals surface area contributed by atoms with E-state index in [1.807, 2.05) is 16.8 Å². The zero-order valence-corrected chi connectivity index (χ0v) is 17.9. The fraction of sp³-hybridized carbons (Fsp3) is 0.286. The SMILES string of the molecule is COc1ccc(C(=O)N2CCn3nnc(COc4cccnc4)c3C2)cc1.O=C(O)C(F)(F)F. The molecule has 1 aliphatic rings. The molecule has 1 amide bonds. The quantitative estimate of drug-likeness (QED) is 0.593. The summed E-state index contributed by atoms with van der Waals surface area (Å²) in [7, 11) is 1.60. The number of hydrogen-bond acceptors (Lipinski definition) is 7. The van der Waals surface area contributed by atoms with Crippen molar-refractivity contribution < 1.29 is 37.3 Å². The number of ether oxygens (including phenoxy) is 2. The van der Waals surface area contributed by atoms with Gasteiger partial charge in [-0.05, 0) is 36.4 Å². The Morgan fingerprint density at radius 3 is 2.41 bits per heavy atom. The molecule has 0 fully saturated rings. The molecule has 0 aliphatic carbocycles. The highest BCUT2D eigenvalue weighted by molar-refractivity contribution is 5.94. The molecule has 0 spiro atoms. The minimum absolute atomic E-state index is 0.0239. The molecule has 4 rings (SSSR count). The van der Waals surface area contributed by atoms with E-state index in [-0.39, 0.29) is 12.5 Å². The molecule has 3 heterocycles. The summed E-state index contributed by atoms with van der Waals surface area (Å²) in [6.45, 7) is 1.93. The number of halogens is 3. The Hall–Kier alpha value is -4.16. The highest BCUT2D eigenvalue weighted by atomic mass is 19.4. The zero-order chi connectivity index (χ0) is 24.7. The van der Waals surface area contributed by atoms with Gasteiger partial charge < -0.3 is 19.5 Å². The van der Waals surface area contributed by atoms with E-state index in [4.69, 9.17) is 19.4 Å². The Balaban J connectivity index is 0.000000406. The lowest BCUT2D eigenvalue weighted by atomic mass is 10.1. The van der Waals surface area contributed by atoms with E-state index in [1.165, 1.54) is 0 Å². The Morgan fingerprint density at radius 1 is 1.12 bits per heavy atom. The Bertz CT molecular complexity index is 1120. The number of amides is 1. The third kappa shape index (κ3) is 6.21. The molecule has 0 radical (unpaired) electrons. The molecule has 34 heavy (non-hydrogen) atoms. The first-order valence-corrected chi connectivity index (χ1v) is 9.86. The predicted octanol–water partition coefficient (Wildman–Crippen LogP) is 2.55. The summed E-state index contributed by atoms with van der Waals surface area (Å²) in [5.41, 5.74) is 2.25. The number of methoxy groups -OCH3 is 1. The fourth-order valence-corrected chi connectivity index (χ4v) is 2.98. The number of hydrogen-bond donors (Lipinski definition) is 1. The van der Waals surface area contributed by atoms with E-state index in [2.05, 4.69) is 15.3 Å². The van der Waals surface area contributed by atoms with Gasteiger partial charge in [0.05, 0.1) is 32.1 Å². The van der Waals surface area contributed by atoms with Crippen molar-refractivity contribution in [1.29, 1.82) is 0 Å². The van der Waals surface area contributed by atoms with Crippen LogP contribution in [0.5, 0.6) is 11.5 Å². The normalized spacial score (nSPS) is 12.8. The number of pyridine rings is 1. The maximum absolute atomic E-state index is 12.8. The van der Waals surface area contributed by atoms with Crippen LogP contribution in [0, 0.1) is 0 Å². The van der Waals surface area contributed by atoms with E-state index in [1.54, 1.807) is 48.7 Å². The molecule has 0 bridgehead atoms. The molecule has 2 aromatic heterocycles. The average Bonchev–Trinajstić information content (AvgIpc) is 3.25. The lowest BCUT2D eigenvalue weighted by Gasteiger charge is -2.27. The molecule has 3 aromatic rings. The molecular weight excluding hydrogens is 459 g/mol. The van der Waals surface area contributed by atoms with Gasteiger partial charge in [-0.1, -0.05) is 5.21 Å². The minimum Gasteiger partial charge on any atom is -0.497 e. The van der Waals surface area contributed by atoms with Crippen LogP contribution in [0.3, 0.4) is 0 Å². The van der Waals surface area contributed by atoms with Crippen LogP contribution in [-0.4, -0.2) is 61.7 Å². The van der Waals surface area contributed by atoms with Crippen LogP contribution in [-0.2, 0) is 24.5 Å². The van der Waals surface area contributed by atoms with E-state index in [0.29, 0.717) is 30.9 Å². The van der Waals surface area contributed by atoms with Crippen molar-refractivity contribution in [2.24, 2.45) is 0 Å². The first-order chi connectivity index (χ1) is 16.2. The van der Waals surface area contributed by atoms with E-state index in [0.717, 1.165) is 17.1 Å². The molecule has 0 saturated carbocycles. The van der Waals surface area contributed by atoms with Gasteiger partial charge in [0.2, 0.25) is 0 Å². The molecular formula is C21H20F3N5O5. The monoisotopic (exact) mass is 479 g/mol. The van der Waals surface area contributed by atoms with Crippen LogP contribution in [0.25, 0.3) is 0 Å². The van der Waals surface area contributed by atoms with Crippen LogP contribution in [0.2, 0.25) is 0 Å². The van der Waals surface area contributed by atoms with Crippen molar-refractivity contribution in [3.63, 3.8) is 0 Å². The summed E-state index contributed by atoms with van der Waals surface area (Å²) in [5.74, 6) is -1.39. The van der Waals surface area contributed by atoms with Crippen LogP contribution < -0.4 is 9.47 Å². The predicted molar refractivity (Wildman–Crippen MR) is 110 cm³/mol. The molecule has 10 nitrogen and oxygen atoms in total. The van der Waals surface area contributed by atoms with Gasteiger partial charge in [-0.2, -0.15) is 13.2 Å². The summed E-state index contributed by atoms with van der Waals surface area (Å²) < 4.78 is 44.4. The molecule has 1 aliphatic heterocycles. The van der Waals surface area contributed by atoms with Crippen LogP contribution in [0.15, 0.2) is 48.8 Å². The summed E-state index contributed by atoms with van der Waals surface area (Å²) in [4.78, 5) is 27.5. The highest BCUT2D eigenvalue weighted by Crippen LogP contribution is 2.20. The maximum Gasteiger partial charge on any atom is 0.490 e. The minimum atomic E-state index is -5.08. The maximum atomic E-state index is 12.8. The van der Waals surface area contributed by atoms with Crippen molar-refractivity contribution in [2.75, 3.05) is 13.7 Å². The lowest BCUT2D eigenvalue weighted by Crippen LogP contribution is -2.38. The fourth-order valence-electron chi connectivity index (χ4n) is 2.98. The largest absolute Gasteiger partial charge is 0.497 e. The molecule has 180 valence electrons. The summed E-state index contributed by atoms with van der Waals surface area (Å²) >= 11 is 0. The first kappa shape index (κ1) is 24.5. The van der Waals surface area contributed by atoms with Crippen molar-refractivity contribution in [2.45, 2.75) is 25.9 Å². The average molecular weight is 479 g/mol. The summed E-state index contributed by atoms with van der Waals surface area (Å²) in [5, 5.41) is 15.5. The van der Waals surface area contributed by atoms with Crippen molar-refractivity contribution in [1.82, 2.24) is 24.9 Å². The van der Waals surface area contributed by atoms with Crippen molar-refractivity contribution in [3.05, 3.63) is 65.7 Å². The molecule has 1 N–H and O–H groups in total. The second-order valence-electron chi connectivity index (χ2n) is 6.94. The van der Waals surface area contributed by atoms with Gasteiger partial charge in [0.15, 0.2) is 0 Å². The number of benzene rings is 1. The second kappa shape index (κ2) is 10.6. The van der Waals surface area contributed by atoms with E-state index >= 15 is 0 Å². The summed E-state index contributed by atoms with van der Waals surface area (Å²) in [6, 6.07) is 10.8.